The maximum Gasteiger partial charge on any atom is 0.0814 e. The van der Waals surface area contributed by atoms with E-state index in [9.17, 15) is 0 Å². The Labute approximate surface area is 66.4 Å². The molecule has 0 bridgehead atoms. The van der Waals surface area contributed by atoms with E-state index in [0.29, 0.717) is 0 Å². The Morgan fingerprint density at radius 3 is 2.50 bits per heavy atom. The molecule has 0 saturated carbocycles. The Hall–Kier alpha value is 0.0249. The third-order valence-corrected chi connectivity index (χ3v) is 2.39. The highest BCUT2D eigenvalue weighted by Gasteiger charge is 2.15. The van der Waals surface area contributed by atoms with Crippen LogP contribution in [0.3, 0.4) is 0 Å². The van der Waals surface area contributed by atoms with Gasteiger partial charge in [-0.25, -0.2) is 0 Å². The molecule has 0 N–H and O–H groups in total. The molecular weight excluding hydrogens is 121 g/mol. The minimum atomic E-state index is 0. The summed E-state index contributed by atoms with van der Waals surface area (Å²) in [6.07, 6.45) is 5.61. The van der Waals surface area contributed by atoms with E-state index in [1.165, 1.54) is 32.2 Å². The van der Waals surface area contributed by atoms with Gasteiger partial charge in [0.25, 0.3) is 0 Å². The lowest BCUT2D eigenvalue weighted by Crippen LogP contribution is -2.35. The van der Waals surface area contributed by atoms with Crippen molar-refractivity contribution in [3.63, 3.8) is 0 Å². The fraction of sp³-hybridized carbons (Fsp3) is 1.00. The van der Waals surface area contributed by atoms with Gasteiger partial charge in [0, 0.05) is 6.04 Å². The molecule has 1 unspecified atom stereocenters. The highest BCUT2D eigenvalue weighted by molar-refractivity contribution is 5.75. The van der Waals surface area contributed by atoms with Crippen molar-refractivity contribution in [2.24, 2.45) is 0 Å². The SMILES string of the molecule is B.CCC1CCCCN1C. The second-order valence-electron chi connectivity index (χ2n) is 3.04. The van der Waals surface area contributed by atoms with Crippen molar-refractivity contribution in [1.29, 1.82) is 0 Å². The molecule has 2 heteroatoms. The summed E-state index contributed by atoms with van der Waals surface area (Å²) in [5, 5.41) is 0. The summed E-state index contributed by atoms with van der Waals surface area (Å²) in [6, 6.07) is 0.888. The van der Waals surface area contributed by atoms with Gasteiger partial charge in [0.2, 0.25) is 0 Å². The molecule has 0 amide bonds. The van der Waals surface area contributed by atoms with E-state index in [2.05, 4.69) is 18.9 Å². The first-order valence-corrected chi connectivity index (χ1v) is 4.05. The quantitative estimate of drug-likeness (QED) is 0.486. The Kier molecular flexibility index (Phi) is 4.79. The smallest absolute Gasteiger partial charge is 0.0814 e. The Morgan fingerprint density at radius 1 is 1.40 bits per heavy atom. The number of hydrogen-bond acceptors (Lipinski definition) is 1. The van der Waals surface area contributed by atoms with Crippen LogP contribution in [0.2, 0.25) is 0 Å². The minimum absolute atomic E-state index is 0. The Morgan fingerprint density at radius 2 is 2.10 bits per heavy atom. The average molecular weight is 141 g/mol. The topological polar surface area (TPSA) is 3.24 Å². The first-order valence-electron chi connectivity index (χ1n) is 4.05. The molecule has 1 saturated heterocycles. The van der Waals surface area contributed by atoms with Crippen LogP contribution in [-0.2, 0) is 0 Å². The molecule has 0 aromatic carbocycles. The molecular formula is C8H20BN. The van der Waals surface area contributed by atoms with E-state index in [0.717, 1.165) is 6.04 Å². The minimum Gasteiger partial charge on any atom is -0.303 e. The summed E-state index contributed by atoms with van der Waals surface area (Å²) >= 11 is 0. The van der Waals surface area contributed by atoms with E-state index < -0.39 is 0 Å². The Bertz CT molecular complexity index is 85.3. The van der Waals surface area contributed by atoms with Gasteiger partial charge in [0.1, 0.15) is 0 Å². The maximum atomic E-state index is 2.49. The third-order valence-electron chi connectivity index (χ3n) is 2.39. The largest absolute Gasteiger partial charge is 0.303 e. The molecule has 10 heavy (non-hydrogen) atoms. The molecule has 0 aromatic heterocycles. The molecule has 1 fully saturated rings. The standard InChI is InChI=1S/C8H17N.BH3/c1-3-8-6-4-5-7-9(8)2;/h8H,3-7H2,1-2H3;1H3. The normalized spacial score (nSPS) is 27.6. The molecule has 60 valence electrons. The summed E-state index contributed by atoms with van der Waals surface area (Å²) in [4.78, 5) is 2.49. The van der Waals surface area contributed by atoms with Crippen LogP contribution in [0, 0.1) is 0 Å². The number of nitrogens with zero attached hydrogens (tertiary/aromatic N) is 1. The highest BCUT2D eigenvalue weighted by atomic mass is 15.1. The summed E-state index contributed by atoms with van der Waals surface area (Å²) in [6.45, 7) is 3.60. The van der Waals surface area contributed by atoms with E-state index in [1.54, 1.807) is 0 Å². The summed E-state index contributed by atoms with van der Waals surface area (Å²) < 4.78 is 0. The predicted octanol–water partition coefficient (Wildman–Crippen LogP) is 0.697. The van der Waals surface area contributed by atoms with E-state index in [-0.39, 0.29) is 8.41 Å². The van der Waals surface area contributed by atoms with E-state index in [4.69, 9.17) is 0 Å². The van der Waals surface area contributed by atoms with Crippen molar-refractivity contribution in [1.82, 2.24) is 4.90 Å². The molecule has 0 aromatic rings. The first-order chi connectivity index (χ1) is 4.34. The number of hydrogen-bond donors (Lipinski definition) is 0. The molecule has 0 aliphatic carbocycles. The van der Waals surface area contributed by atoms with Crippen molar-refractivity contribution < 1.29 is 0 Å². The lowest BCUT2D eigenvalue weighted by atomic mass is 10.0. The van der Waals surface area contributed by atoms with Gasteiger partial charge in [0.05, 0.1) is 8.41 Å². The fourth-order valence-electron chi connectivity index (χ4n) is 1.66. The van der Waals surface area contributed by atoms with Gasteiger partial charge in [-0.1, -0.05) is 13.3 Å². The van der Waals surface area contributed by atoms with Crippen molar-refractivity contribution >= 4 is 8.41 Å². The van der Waals surface area contributed by atoms with Gasteiger partial charge in [-0.15, -0.1) is 0 Å². The molecule has 1 aliphatic heterocycles. The molecule has 1 nitrogen and oxygen atoms in total. The van der Waals surface area contributed by atoms with Gasteiger partial charge >= 0.3 is 0 Å². The van der Waals surface area contributed by atoms with Crippen LogP contribution in [0.5, 0.6) is 0 Å². The van der Waals surface area contributed by atoms with Crippen LogP contribution in [0.1, 0.15) is 32.6 Å². The average Bonchev–Trinajstić information content (AvgIpc) is 1.89. The first kappa shape index (κ1) is 10.0. The fourth-order valence-corrected chi connectivity index (χ4v) is 1.66. The summed E-state index contributed by atoms with van der Waals surface area (Å²) in [5.41, 5.74) is 0. The van der Waals surface area contributed by atoms with E-state index in [1.807, 2.05) is 0 Å². The lowest BCUT2D eigenvalue weighted by molar-refractivity contribution is 0.181. The molecule has 1 aliphatic rings. The molecule has 0 radical (unpaired) electrons. The van der Waals surface area contributed by atoms with Gasteiger partial charge in [-0.05, 0) is 32.9 Å². The van der Waals surface area contributed by atoms with Crippen LogP contribution in [0.4, 0.5) is 0 Å². The number of rotatable bonds is 1. The molecule has 1 heterocycles. The van der Waals surface area contributed by atoms with Gasteiger partial charge in [-0.2, -0.15) is 0 Å². The summed E-state index contributed by atoms with van der Waals surface area (Å²) in [7, 11) is 2.24. The second kappa shape index (κ2) is 4.78. The van der Waals surface area contributed by atoms with Crippen LogP contribution >= 0.6 is 0 Å². The lowest BCUT2D eigenvalue weighted by Gasteiger charge is -2.31. The van der Waals surface area contributed by atoms with Gasteiger partial charge < -0.3 is 4.90 Å². The highest BCUT2D eigenvalue weighted by Crippen LogP contribution is 2.16. The summed E-state index contributed by atoms with van der Waals surface area (Å²) in [5.74, 6) is 0. The zero-order valence-electron chi connectivity index (χ0n) is 6.56. The maximum absolute atomic E-state index is 2.49. The molecule has 1 atom stereocenters. The van der Waals surface area contributed by atoms with E-state index >= 15 is 0 Å². The monoisotopic (exact) mass is 141 g/mol. The predicted molar refractivity (Wildman–Crippen MR) is 50.5 cm³/mol. The molecule has 1 rings (SSSR count). The van der Waals surface area contributed by atoms with Crippen molar-refractivity contribution in [2.75, 3.05) is 13.6 Å². The van der Waals surface area contributed by atoms with Crippen LogP contribution < -0.4 is 0 Å². The zero-order chi connectivity index (χ0) is 6.69. The third kappa shape index (κ3) is 2.33. The number of piperidine rings is 1. The van der Waals surface area contributed by atoms with Crippen molar-refractivity contribution in [3.8, 4) is 0 Å². The van der Waals surface area contributed by atoms with Crippen LogP contribution in [0.15, 0.2) is 0 Å². The van der Waals surface area contributed by atoms with Gasteiger partial charge in [-0.3, -0.25) is 0 Å². The van der Waals surface area contributed by atoms with Gasteiger partial charge in [0.15, 0.2) is 0 Å². The van der Waals surface area contributed by atoms with Crippen LogP contribution in [-0.4, -0.2) is 32.9 Å². The zero-order valence-corrected chi connectivity index (χ0v) is 6.56. The molecule has 0 spiro atoms. The van der Waals surface area contributed by atoms with Crippen molar-refractivity contribution in [2.45, 2.75) is 38.6 Å². The Balaban J connectivity index is 0.000000810. The van der Waals surface area contributed by atoms with Crippen LogP contribution in [0.25, 0.3) is 0 Å². The number of likely N-dealkylation sites (tertiary alicyclic amines) is 1. The van der Waals surface area contributed by atoms with Crippen molar-refractivity contribution in [3.05, 3.63) is 0 Å². The second-order valence-corrected chi connectivity index (χ2v) is 3.04.